The monoisotopic (exact) mass is 354 g/mol. The van der Waals surface area contributed by atoms with Crippen molar-refractivity contribution >= 4 is 0 Å². The largest absolute Gasteiger partial charge is 0.387 e. The van der Waals surface area contributed by atoms with Crippen molar-refractivity contribution in [1.82, 2.24) is 20.0 Å². The average Bonchev–Trinajstić information content (AvgIpc) is 3.03. The van der Waals surface area contributed by atoms with E-state index in [1.54, 1.807) is 0 Å². The Hall–Kier alpha value is -1.69. The Morgan fingerprint density at radius 2 is 2.00 bits per heavy atom. The predicted octanol–water partition coefficient (Wildman–Crippen LogP) is 2.56. The summed E-state index contributed by atoms with van der Waals surface area (Å²) < 4.78 is 1.94. The molecule has 5 nitrogen and oxygen atoms in total. The van der Waals surface area contributed by atoms with Crippen LogP contribution in [0.1, 0.15) is 37.8 Å². The first-order valence-corrected chi connectivity index (χ1v) is 9.91. The topological polar surface area (TPSA) is 53.3 Å². The number of piperidine rings is 2. The van der Waals surface area contributed by atoms with Gasteiger partial charge in [0.05, 0.1) is 17.0 Å². The molecule has 0 aliphatic carbocycles. The highest BCUT2D eigenvalue weighted by Gasteiger charge is 2.43. The van der Waals surface area contributed by atoms with E-state index in [2.05, 4.69) is 45.6 Å². The van der Waals surface area contributed by atoms with Gasteiger partial charge in [-0.25, -0.2) is 0 Å². The highest BCUT2D eigenvalue weighted by Crippen LogP contribution is 2.33. The number of fused-ring (bicyclic) bond motifs is 1. The minimum absolute atomic E-state index is 0.320. The Morgan fingerprint density at radius 3 is 2.85 bits per heavy atom. The van der Waals surface area contributed by atoms with E-state index >= 15 is 0 Å². The third-order valence-corrected chi connectivity index (χ3v) is 6.03. The molecule has 26 heavy (non-hydrogen) atoms. The van der Waals surface area contributed by atoms with E-state index in [1.165, 1.54) is 18.4 Å². The molecule has 140 valence electrons. The van der Waals surface area contributed by atoms with Gasteiger partial charge in [-0.15, -0.1) is 0 Å². The van der Waals surface area contributed by atoms with E-state index in [-0.39, 0.29) is 0 Å². The zero-order valence-corrected chi connectivity index (χ0v) is 15.7. The second-order valence-electron chi connectivity index (χ2n) is 7.87. The Labute approximate surface area is 156 Å². The number of aromatic nitrogens is 2. The fourth-order valence-electron chi connectivity index (χ4n) is 4.73. The summed E-state index contributed by atoms with van der Waals surface area (Å²) in [5, 5.41) is 19.4. The molecule has 0 bridgehead atoms. The second kappa shape index (κ2) is 7.51. The molecule has 0 amide bonds. The van der Waals surface area contributed by atoms with Crippen LogP contribution in [-0.2, 0) is 13.6 Å². The van der Waals surface area contributed by atoms with Gasteiger partial charge in [-0.2, -0.15) is 5.10 Å². The van der Waals surface area contributed by atoms with Gasteiger partial charge >= 0.3 is 0 Å². The summed E-state index contributed by atoms with van der Waals surface area (Å²) in [6.45, 7) is 3.63. The molecule has 2 saturated heterocycles. The first-order chi connectivity index (χ1) is 12.7. The molecule has 1 aromatic carbocycles. The lowest BCUT2D eigenvalue weighted by Crippen LogP contribution is -2.62. The van der Waals surface area contributed by atoms with Gasteiger partial charge in [0.25, 0.3) is 0 Å². The summed E-state index contributed by atoms with van der Waals surface area (Å²) in [5.41, 5.74) is 2.72. The van der Waals surface area contributed by atoms with Crippen LogP contribution >= 0.6 is 0 Å². The molecule has 2 N–H and O–H groups in total. The van der Waals surface area contributed by atoms with Crippen LogP contribution in [0.3, 0.4) is 0 Å². The van der Waals surface area contributed by atoms with Crippen molar-refractivity contribution < 1.29 is 5.11 Å². The maximum atomic E-state index is 11.3. The van der Waals surface area contributed by atoms with Crippen LogP contribution < -0.4 is 5.32 Å². The molecular formula is C21H30N4O. The first kappa shape index (κ1) is 17.7. The number of benzene rings is 1. The fourth-order valence-corrected chi connectivity index (χ4v) is 4.73. The van der Waals surface area contributed by atoms with Crippen LogP contribution in [0.15, 0.2) is 36.4 Å². The molecule has 3 heterocycles. The molecule has 2 atom stereocenters. The minimum Gasteiger partial charge on any atom is -0.387 e. The van der Waals surface area contributed by atoms with E-state index in [9.17, 15) is 5.11 Å². The fraction of sp³-hybridized carbons (Fsp3) is 0.571. The lowest BCUT2D eigenvalue weighted by molar-refractivity contribution is -0.0920. The normalized spacial score (nSPS) is 26.6. The Morgan fingerprint density at radius 1 is 1.19 bits per heavy atom. The highest BCUT2D eigenvalue weighted by atomic mass is 16.3. The van der Waals surface area contributed by atoms with Gasteiger partial charge in [0.2, 0.25) is 0 Å². The van der Waals surface area contributed by atoms with Crippen LogP contribution in [0.4, 0.5) is 0 Å². The lowest BCUT2D eigenvalue weighted by Gasteiger charge is -2.49. The maximum absolute atomic E-state index is 11.3. The summed E-state index contributed by atoms with van der Waals surface area (Å²) >= 11 is 0. The molecular weight excluding hydrogens is 324 g/mol. The summed E-state index contributed by atoms with van der Waals surface area (Å²) in [4.78, 5) is 2.50. The van der Waals surface area contributed by atoms with Crippen LogP contribution in [-0.4, -0.2) is 51.1 Å². The standard InChI is InChI=1S/C21H30N4O/c1-24-19(17-8-3-2-4-9-17)14-18(23-24)15-22-16-21(26)11-7-13-25-12-6-5-10-20(21)25/h2-4,8-9,14,20,22,26H,5-7,10-13,15-16H2,1H3/t20-,21-/m1/s1. The molecule has 5 heteroatoms. The van der Waals surface area contributed by atoms with E-state index in [1.807, 2.05) is 17.8 Å². The first-order valence-electron chi connectivity index (χ1n) is 9.91. The maximum Gasteiger partial charge on any atom is 0.0926 e. The Balaban J connectivity index is 1.39. The van der Waals surface area contributed by atoms with E-state index in [0.29, 0.717) is 19.1 Å². The summed E-state index contributed by atoms with van der Waals surface area (Å²) in [6.07, 6.45) is 5.63. The van der Waals surface area contributed by atoms with Crippen LogP contribution in [0.25, 0.3) is 11.3 Å². The van der Waals surface area contributed by atoms with E-state index < -0.39 is 5.60 Å². The molecule has 0 saturated carbocycles. The van der Waals surface area contributed by atoms with Gasteiger partial charge in [-0.1, -0.05) is 36.8 Å². The van der Waals surface area contributed by atoms with E-state index in [4.69, 9.17) is 0 Å². The number of aliphatic hydroxyl groups is 1. The van der Waals surface area contributed by atoms with Gasteiger partial charge in [0, 0.05) is 26.2 Å². The lowest BCUT2D eigenvalue weighted by atomic mass is 9.79. The quantitative estimate of drug-likeness (QED) is 0.866. The van der Waals surface area contributed by atoms with E-state index in [0.717, 1.165) is 43.7 Å². The van der Waals surface area contributed by atoms with Crippen LogP contribution in [0.5, 0.6) is 0 Å². The predicted molar refractivity (Wildman–Crippen MR) is 104 cm³/mol. The van der Waals surface area contributed by atoms with Crippen LogP contribution in [0, 0.1) is 0 Å². The van der Waals surface area contributed by atoms with Crippen molar-refractivity contribution in [3.63, 3.8) is 0 Å². The van der Waals surface area contributed by atoms with Gasteiger partial charge in [0.1, 0.15) is 0 Å². The molecule has 2 aliphatic heterocycles. The second-order valence-corrected chi connectivity index (χ2v) is 7.87. The average molecular weight is 354 g/mol. The van der Waals surface area contributed by atoms with Crippen LogP contribution in [0.2, 0.25) is 0 Å². The smallest absolute Gasteiger partial charge is 0.0926 e. The SMILES string of the molecule is Cn1nc(CNC[C@]2(O)CCCN3CCCC[C@@H]32)cc1-c1ccccc1. The summed E-state index contributed by atoms with van der Waals surface area (Å²) in [6, 6.07) is 12.8. The number of nitrogens with zero attached hydrogens (tertiary/aromatic N) is 3. The number of nitrogens with one attached hydrogen (secondary N) is 1. The number of rotatable bonds is 5. The molecule has 2 aromatic rings. The third kappa shape index (κ3) is 3.56. The zero-order valence-electron chi connectivity index (χ0n) is 15.7. The van der Waals surface area contributed by atoms with Crippen molar-refractivity contribution in [3.8, 4) is 11.3 Å². The van der Waals surface area contributed by atoms with Crippen molar-refractivity contribution in [3.05, 3.63) is 42.1 Å². The molecule has 4 rings (SSSR count). The van der Waals surface area contributed by atoms with Gasteiger partial charge in [0.15, 0.2) is 0 Å². The summed E-state index contributed by atoms with van der Waals surface area (Å²) in [7, 11) is 1.99. The minimum atomic E-state index is -0.601. The number of hydrogen-bond donors (Lipinski definition) is 2. The Kier molecular flexibility index (Phi) is 5.11. The van der Waals surface area contributed by atoms with Crippen molar-refractivity contribution in [2.75, 3.05) is 19.6 Å². The number of aryl methyl sites for hydroxylation is 1. The van der Waals surface area contributed by atoms with Crippen molar-refractivity contribution in [1.29, 1.82) is 0 Å². The van der Waals surface area contributed by atoms with Gasteiger partial charge < -0.3 is 10.4 Å². The van der Waals surface area contributed by atoms with Crippen molar-refractivity contribution in [2.45, 2.75) is 50.3 Å². The van der Waals surface area contributed by atoms with Gasteiger partial charge in [-0.05, 0) is 50.4 Å². The molecule has 0 radical (unpaired) electrons. The zero-order chi connectivity index (χ0) is 18.0. The molecule has 2 aliphatic rings. The van der Waals surface area contributed by atoms with Crippen molar-refractivity contribution in [2.24, 2.45) is 7.05 Å². The summed E-state index contributed by atoms with van der Waals surface area (Å²) in [5.74, 6) is 0. The van der Waals surface area contributed by atoms with Gasteiger partial charge in [-0.3, -0.25) is 9.58 Å². The third-order valence-electron chi connectivity index (χ3n) is 6.03. The molecule has 0 unspecified atom stereocenters. The Bertz CT molecular complexity index is 727. The molecule has 1 aromatic heterocycles. The molecule has 2 fully saturated rings. The molecule has 0 spiro atoms. The number of hydrogen-bond acceptors (Lipinski definition) is 4. The highest BCUT2D eigenvalue weighted by molar-refractivity contribution is 5.59.